The van der Waals surface area contributed by atoms with Gasteiger partial charge in [0.15, 0.2) is 0 Å². The van der Waals surface area contributed by atoms with Gasteiger partial charge in [0.2, 0.25) is 0 Å². The molecule has 0 saturated heterocycles. The molecule has 0 radical (unpaired) electrons. The Morgan fingerprint density at radius 3 is 2.43 bits per heavy atom. The van der Waals surface area contributed by atoms with E-state index in [0.29, 0.717) is 0 Å². The lowest BCUT2D eigenvalue weighted by molar-refractivity contribution is 1.35. The maximum absolute atomic E-state index is 4.30. The third-order valence-electron chi connectivity index (χ3n) is 2.12. The summed E-state index contributed by atoms with van der Waals surface area (Å²) in [5.41, 5.74) is 3.65. The number of fused-ring (bicyclic) bond motifs is 1. The van der Waals surface area contributed by atoms with E-state index in [1.165, 1.54) is 16.5 Å². The largest absolute Gasteiger partial charge is 0.256 e. The summed E-state index contributed by atoms with van der Waals surface area (Å²) in [6, 6.07) is 8.41. The smallest absolute Gasteiger partial charge is 0.0707 e. The number of aromatic nitrogens is 1. The summed E-state index contributed by atoms with van der Waals surface area (Å²) in [6.45, 7) is 8.20. The summed E-state index contributed by atoms with van der Waals surface area (Å²) >= 11 is 0. The molecule has 0 amide bonds. The van der Waals surface area contributed by atoms with Gasteiger partial charge in [0.25, 0.3) is 0 Å². The standard InChI is InChI=1S/C11H11N.C2H6/c1-8-3-4-10-9(2)5-6-12-11(10)7-8;1-2/h3-7H,1-2H3;1-2H3. The third kappa shape index (κ3) is 2.11. The lowest BCUT2D eigenvalue weighted by Crippen LogP contribution is -1.82. The molecule has 0 aliphatic carbocycles. The molecule has 1 heterocycles. The Kier molecular flexibility index (Phi) is 3.63. The second kappa shape index (κ2) is 4.75. The summed E-state index contributed by atoms with van der Waals surface area (Å²) in [5, 5.41) is 1.25. The zero-order chi connectivity index (χ0) is 10.6. The van der Waals surface area contributed by atoms with E-state index in [-0.39, 0.29) is 0 Å². The van der Waals surface area contributed by atoms with E-state index in [1.54, 1.807) is 0 Å². The normalized spacial score (nSPS) is 9.43. The van der Waals surface area contributed by atoms with Crippen molar-refractivity contribution in [2.45, 2.75) is 27.7 Å². The van der Waals surface area contributed by atoms with Crippen molar-refractivity contribution < 1.29 is 0 Å². The fourth-order valence-electron chi connectivity index (χ4n) is 1.40. The second-order valence-corrected chi connectivity index (χ2v) is 3.15. The van der Waals surface area contributed by atoms with E-state index in [9.17, 15) is 0 Å². The van der Waals surface area contributed by atoms with Gasteiger partial charge in [-0.2, -0.15) is 0 Å². The number of pyridine rings is 1. The Morgan fingerprint density at radius 2 is 1.71 bits per heavy atom. The number of hydrogen-bond donors (Lipinski definition) is 0. The average Bonchev–Trinajstić information content (AvgIpc) is 2.21. The Balaban J connectivity index is 0.000000461. The van der Waals surface area contributed by atoms with E-state index in [2.05, 4.69) is 37.0 Å². The zero-order valence-electron chi connectivity index (χ0n) is 9.33. The predicted molar refractivity (Wildman–Crippen MR) is 62.6 cm³/mol. The summed E-state index contributed by atoms with van der Waals surface area (Å²) in [5.74, 6) is 0. The molecule has 0 atom stereocenters. The number of nitrogens with zero attached hydrogens (tertiary/aromatic N) is 1. The van der Waals surface area contributed by atoms with Crippen LogP contribution in [0.2, 0.25) is 0 Å². The monoisotopic (exact) mass is 187 g/mol. The van der Waals surface area contributed by atoms with Gasteiger partial charge in [0.1, 0.15) is 0 Å². The van der Waals surface area contributed by atoms with Gasteiger partial charge in [-0.15, -0.1) is 0 Å². The Hall–Kier alpha value is -1.37. The maximum Gasteiger partial charge on any atom is 0.0707 e. The van der Waals surface area contributed by atoms with Crippen molar-refractivity contribution in [2.75, 3.05) is 0 Å². The first kappa shape index (κ1) is 10.7. The lowest BCUT2D eigenvalue weighted by Gasteiger charge is -2.00. The third-order valence-corrected chi connectivity index (χ3v) is 2.12. The van der Waals surface area contributed by atoms with Gasteiger partial charge in [0, 0.05) is 11.6 Å². The molecule has 0 spiro atoms. The number of hydrogen-bond acceptors (Lipinski definition) is 1. The fourth-order valence-corrected chi connectivity index (χ4v) is 1.40. The van der Waals surface area contributed by atoms with Crippen LogP contribution in [0.15, 0.2) is 30.5 Å². The molecule has 2 rings (SSSR count). The average molecular weight is 187 g/mol. The molecule has 14 heavy (non-hydrogen) atoms. The first-order chi connectivity index (χ1) is 6.77. The molecular weight excluding hydrogens is 170 g/mol. The zero-order valence-corrected chi connectivity index (χ0v) is 9.33. The van der Waals surface area contributed by atoms with Crippen molar-refractivity contribution in [1.82, 2.24) is 4.98 Å². The van der Waals surface area contributed by atoms with Gasteiger partial charge in [-0.25, -0.2) is 0 Å². The lowest BCUT2D eigenvalue weighted by atomic mass is 10.1. The molecule has 0 fully saturated rings. The van der Waals surface area contributed by atoms with Gasteiger partial charge in [-0.1, -0.05) is 26.0 Å². The molecular formula is C13H17N. The van der Waals surface area contributed by atoms with Crippen molar-refractivity contribution in [3.05, 3.63) is 41.6 Å². The SMILES string of the molecule is CC.Cc1ccc2c(C)ccnc2c1. The Bertz CT molecular complexity index is 419. The molecule has 74 valence electrons. The first-order valence-corrected chi connectivity index (χ1v) is 5.09. The van der Waals surface area contributed by atoms with Crippen LogP contribution in [-0.2, 0) is 0 Å². The minimum atomic E-state index is 1.09. The second-order valence-electron chi connectivity index (χ2n) is 3.15. The van der Waals surface area contributed by atoms with E-state index in [4.69, 9.17) is 0 Å². The molecule has 1 aromatic heterocycles. The van der Waals surface area contributed by atoms with Gasteiger partial charge in [-0.3, -0.25) is 4.98 Å². The maximum atomic E-state index is 4.30. The molecule has 1 nitrogen and oxygen atoms in total. The van der Waals surface area contributed by atoms with Crippen molar-refractivity contribution >= 4 is 10.9 Å². The quantitative estimate of drug-likeness (QED) is 0.610. The molecule has 0 N–H and O–H groups in total. The molecule has 2 aromatic rings. The molecule has 1 heteroatoms. The summed E-state index contributed by atoms with van der Waals surface area (Å²) in [7, 11) is 0. The van der Waals surface area contributed by atoms with E-state index in [1.807, 2.05) is 26.1 Å². The first-order valence-electron chi connectivity index (χ1n) is 5.09. The topological polar surface area (TPSA) is 12.9 Å². The van der Waals surface area contributed by atoms with E-state index in [0.717, 1.165) is 5.52 Å². The van der Waals surface area contributed by atoms with Gasteiger partial charge >= 0.3 is 0 Å². The van der Waals surface area contributed by atoms with E-state index >= 15 is 0 Å². The van der Waals surface area contributed by atoms with Crippen LogP contribution in [0.1, 0.15) is 25.0 Å². The number of benzene rings is 1. The van der Waals surface area contributed by atoms with Crippen LogP contribution in [0.25, 0.3) is 10.9 Å². The van der Waals surface area contributed by atoms with Crippen molar-refractivity contribution in [3.63, 3.8) is 0 Å². The highest BCUT2D eigenvalue weighted by molar-refractivity contribution is 5.82. The Morgan fingerprint density at radius 1 is 1.00 bits per heavy atom. The van der Waals surface area contributed by atoms with Crippen LogP contribution in [0.5, 0.6) is 0 Å². The molecule has 0 aliphatic heterocycles. The minimum Gasteiger partial charge on any atom is -0.256 e. The van der Waals surface area contributed by atoms with Crippen molar-refractivity contribution in [1.29, 1.82) is 0 Å². The molecule has 1 aromatic carbocycles. The van der Waals surface area contributed by atoms with Crippen LogP contribution in [0.3, 0.4) is 0 Å². The van der Waals surface area contributed by atoms with E-state index < -0.39 is 0 Å². The molecule has 0 saturated carbocycles. The highest BCUT2D eigenvalue weighted by Crippen LogP contribution is 2.16. The highest BCUT2D eigenvalue weighted by Gasteiger charge is 1.96. The van der Waals surface area contributed by atoms with Crippen LogP contribution in [-0.4, -0.2) is 4.98 Å². The summed E-state index contributed by atoms with van der Waals surface area (Å²) in [4.78, 5) is 4.30. The highest BCUT2D eigenvalue weighted by atomic mass is 14.6. The number of rotatable bonds is 0. The van der Waals surface area contributed by atoms with Crippen LogP contribution in [0, 0.1) is 13.8 Å². The fraction of sp³-hybridized carbons (Fsp3) is 0.308. The van der Waals surface area contributed by atoms with Crippen LogP contribution in [0.4, 0.5) is 0 Å². The van der Waals surface area contributed by atoms with Crippen molar-refractivity contribution in [2.24, 2.45) is 0 Å². The summed E-state index contributed by atoms with van der Waals surface area (Å²) in [6.07, 6.45) is 1.86. The van der Waals surface area contributed by atoms with Crippen LogP contribution >= 0.6 is 0 Å². The molecule has 0 unspecified atom stereocenters. The molecule has 0 bridgehead atoms. The van der Waals surface area contributed by atoms with Crippen LogP contribution < -0.4 is 0 Å². The minimum absolute atomic E-state index is 1.09. The van der Waals surface area contributed by atoms with Crippen molar-refractivity contribution in [3.8, 4) is 0 Å². The van der Waals surface area contributed by atoms with Gasteiger partial charge < -0.3 is 0 Å². The Labute approximate surface area is 85.8 Å². The molecule has 0 aliphatic rings. The number of aryl methyl sites for hydroxylation is 2. The predicted octanol–water partition coefficient (Wildman–Crippen LogP) is 3.88. The summed E-state index contributed by atoms with van der Waals surface area (Å²) < 4.78 is 0. The van der Waals surface area contributed by atoms with Gasteiger partial charge in [0.05, 0.1) is 5.52 Å². The van der Waals surface area contributed by atoms with Gasteiger partial charge in [-0.05, 0) is 37.1 Å².